The van der Waals surface area contributed by atoms with Crippen LogP contribution in [0.1, 0.15) is 13.8 Å². The van der Waals surface area contributed by atoms with Crippen LogP contribution in [-0.4, -0.2) is 13.3 Å². The van der Waals surface area contributed by atoms with Gasteiger partial charge < -0.3 is 5.73 Å². The van der Waals surface area contributed by atoms with Gasteiger partial charge in [0.25, 0.3) is 0 Å². The molecule has 1 nitrogen and oxygen atoms in total. The van der Waals surface area contributed by atoms with Gasteiger partial charge in [0, 0.05) is 6.54 Å². The molecule has 0 saturated heterocycles. The first-order valence-electron chi connectivity index (χ1n) is 3.63. The van der Waals surface area contributed by atoms with E-state index in [1.807, 2.05) is 0 Å². The molecule has 2 heteroatoms. The lowest BCUT2D eigenvalue weighted by molar-refractivity contribution is 1.19. The van der Waals surface area contributed by atoms with Gasteiger partial charge in [-0.25, -0.2) is 0 Å². The molecule has 0 fully saturated rings. The molecule has 0 aliphatic heterocycles. The van der Waals surface area contributed by atoms with Crippen molar-refractivity contribution in [3.05, 3.63) is 12.1 Å². The van der Waals surface area contributed by atoms with Gasteiger partial charge >= 0.3 is 0 Å². The normalized spacial score (nSPS) is 9.22. The summed E-state index contributed by atoms with van der Waals surface area (Å²) in [5, 5.41) is 0. The van der Waals surface area contributed by atoms with E-state index in [2.05, 4.69) is 20.4 Å². The molecule has 0 aromatic carbocycles. The highest BCUT2D eigenvalue weighted by atomic mass is 14.5. The van der Waals surface area contributed by atoms with Gasteiger partial charge in [0.15, 0.2) is 6.71 Å². The molecule has 2 N–H and O–H groups in total. The van der Waals surface area contributed by atoms with Crippen LogP contribution < -0.4 is 5.73 Å². The highest BCUT2D eigenvalue weighted by Crippen LogP contribution is 2.05. The molecule has 0 saturated carbocycles. The van der Waals surface area contributed by atoms with E-state index in [1.165, 1.54) is 18.1 Å². The fourth-order valence-electron chi connectivity index (χ4n) is 1.03. The quantitative estimate of drug-likeness (QED) is 0.567. The average molecular weight is 125 g/mol. The molecule has 0 aliphatic rings. The Labute approximate surface area is 58.4 Å². The van der Waals surface area contributed by atoms with Crippen LogP contribution in [0.5, 0.6) is 0 Å². The maximum atomic E-state index is 5.42. The summed E-state index contributed by atoms with van der Waals surface area (Å²) in [6, 6.07) is 0. The molecule has 0 rings (SSSR count). The lowest BCUT2D eigenvalue weighted by Gasteiger charge is -2.08. The van der Waals surface area contributed by atoms with Crippen LogP contribution in [0.2, 0.25) is 12.6 Å². The Morgan fingerprint density at radius 2 is 1.89 bits per heavy atom. The lowest BCUT2D eigenvalue weighted by atomic mass is 9.41. The molecule has 0 heterocycles. The van der Waals surface area contributed by atoms with E-state index in [0.29, 0.717) is 13.3 Å². The summed E-state index contributed by atoms with van der Waals surface area (Å²) >= 11 is 0. The third-order valence-electron chi connectivity index (χ3n) is 1.83. The first-order valence-corrected chi connectivity index (χ1v) is 3.63. The average Bonchev–Trinajstić information content (AvgIpc) is 1.90. The van der Waals surface area contributed by atoms with Crippen LogP contribution in [0.25, 0.3) is 0 Å². The minimum Gasteiger partial charge on any atom is -0.328 e. The van der Waals surface area contributed by atoms with E-state index in [9.17, 15) is 0 Å². The Kier molecular flexibility index (Phi) is 4.50. The second-order valence-corrected chi connectivity index (χ2v) is 2.38. The van der Waals surface area contributed by atoms with Gasteiger partial charge in [0.1, 0.15) is 0 Å². The minimum atomic E-state index is 0.645. The monoisotopic (exact) mass is 125 g/mol. The summed E-state index contributed by atoms with van der Waals surface area (Å²) in [6.45, 7) is 9.53. The van der Waals surface area contributed by atoms with Crippen molar-refractivity contribution in [1.82, 2.24) is 0 Å². The van der Waals surface area contributed by atoms with E-state index in [4.69, 9.17) is 5.73 Å². The van der Waals surface area contributed by atoms with Crippen molar-refractivity contribution < 1.29 is 0 Å². The Balaban J connectivity index is 3.64. The zero-order valence-corrected chi connectivity index (χ0v) is 6.48. The van der Waals surface area contributed by atoms with Crippen LogP contribution in [-0.2, 0) is 0 Å². The van der Waals surface area contributed by atoms with Crippen molar-refractivity contribution in [3.8, 4) is 0 Å². The SMILES string of the molecule is C=C(CN)B(CC)CC. The fourth-order valence-corrected chi connectivity index (χ4v) is 1.03. The smallest absolute Gasteiger partial charge is 0.170 e. The third-order valence-corrected chi connectivity index (χ3v) is 1.83. The van der Waals surface area contributed by atoms with E-state index in [-0.39, 0.29) is 0 Å². The maximum Gasteiger partial charge on any atom is 0.170 e. The molecule has 0 bridgehead atoms. The minimum absolute atomic E-state index is 0.645. The number of rotatable bonds is 4. The van der Waals surface area contributed by atoms with Gasteiger partial charge in [-0.3, -0.25) is 0 Å². The van der Waals surface area contributed by atoms with Gasteiger partial charge in [-0.15, -0.1) is 6.58 Å². The number of hydrogen-bond acceptors (Lipinski definition) is 1. The molecular formula is C7H16BN. The molecule has 0 radical (unpaired) electrons. The van der Waals surface area contributed by atoms with Crippen LogP contribution in [0.15, 0.2) is 12.1 Å². The molecule has 0 aromatic rings. The van der Waals surface area contributed by atoms with Crippen molar-refractivity contribution in [3.63, 3.8) is 0 Å². The Morgan fingerprint density at radius 1 is 1.44 bits per heavy atom. The highest BCUT2D eigenvalue weighted by Gasteiger charge is 2.09. The van der Waals surface area contributed by atoms with Crippen LogP contribution >= 0.6 is 0 Å². The van der Waals surface area contributed by atoms with Crippen LogP contribution in [0.4, 0.5) is 0 Å². The molecule has 9 heavy (non-hydrogen) atoms. The van der Waals surface area contributed by atoms with Gasteiger partial charge in [0.05, 0.1) is 0 Å². The van der Waals surface area contributed by atoms with E-state index >= 15 is 0 Å². The van der Waals surface area contributed by atoms with Crippen molar-refractivity contribution in [2.75, 3.05) is 6.54 Å². The summed E-state index contributed by atoms with van der Waals surface area (Å²) < 4.78 is 0. The fraction of sp³-hybridized carbons (Fsp3) is 0.714. The number of nitrogens with two attached hydrogens (primary N) is 1. The van der Waals surface area contributed by atoms with Crippen molar-refractivity contribution in [2.45, 2.75) is 26.5 Å². The summed E-state index contributed by atoms with van der Waals surface area (Å²) in [7, 11) is 0. The zero-order valence-electron chi connectivity index (χ0n) is 6.48. The van der Waals surface area contributed by atoms with E-state index in [0.717, 1.165) is 0 Å². The first kappa shape index (κ1) is 8.76. The molecule has 0 atom stereocenters. The van der Waals surface area contributed by atoms with Crippen LogP contribution in [0.3, 0.4) is 0 Å². The summed E-state index contributed by atoms with van der Waals surface area (Å²) in [6.07, 6.45) is 2.35. The van der Waals surface area contributed by atoms with Crippen LogP contribution in [0, 0.1) is 0 Å². The van der Waals surface area contributed by atoms with E-state index < -0.39 is 0 Å². The van der Waals surface area contributed by atoms with Gasteiger partial charge in [-0.1, -0.05) is 32.0 Å². The number of hydrogen-bond donors (Lipinski definition) is 1. The van der Waals surface area contributed by atoms with E-state index in [1.54, 1.807) is 0 Å². The van der Waals surface area contributed by atoms with Crippen molar-refractivity contribution >= 4 is 6.71 Å². The van der Waals surface area contributed by atoms with Gasteiger partial charge in [0.2, 0.25) is 0 Å². The van der Waals surface area contributed by atoms with Crippen molar-refractivity contribution in [2.24, 2.45) is 5.73 Å². The zero-order chi connectivity index (χ0) is 7.28. The third kappa shape index (κ3) is 2.71. The Hall–Kier alpha value is -0.235. The Bertz CT molecular complexity index is 86.9. The van der Waals surface area contributed by atoms with Gasteiger partial charge in [-0.05, 0) is 0 Å². The molecular weight excluding hydrogens is 109 g/mol. The largest absolute Gasteiger partial charge is 0.328 e. The summed E-state index contributed by atoms with van der Waals surface area (Å²) in [5.74, 6) is 0. The standard InChI is InChI=1S/C7H16BN/c1-4-8(5-2)7(3)6-9/h3-6,9H2,1-2H3. The molecule has 0 aromatic heterocycles. The molecule has 0 unspecified atom stereocenters. The summed E-state index contributed by atoms with van der Waals surface area (Å²) in [4.78, 5) is 0. The predicted molar refractivity (Wildman–Crippen MR) is 44.9 cm³/mol. The second-order valence-electron chi connectivity index (χ2n) is 2.38. The summed E-state index contributed by atoms with van der Waals surface area (Å²) in [5.41, 5.74) is 6.62. The molecule has 0 amide bonds. The second kappa shape index (κ2) is 4.63. The van der Waals surface area contributed by atoms with Gasteiger partial charge in [-0.2, -0.15) is 0 Å². The highest BCUT2D eigenvalue weighted by molar-refractivity contribution is 6.66. The lowest BCUT2D eigenvalue weighted by Crippen LogP contribution is -2.19. The Morgan fingerprint density at radius 3 is 2.00 bits per heavy atom. The first-order chi connectivity index (χ1) is 4.26. The molecule has 0 aliphatic carbocycles. The predicted octanol–water partition coefficient (Wildman–Crippen LogP) is 1.58. The molecule has 52 valence electrons. The van der Waals surface area contributed by atoms with Crippen molar-refractivity contribution in [1.29, 1.82) is 0 Å². The molecule has 0 spiro atoms. The topological polar surface area (TPSA) is 26.0 Å². The maximum absolute atomic E-state index is 5.42.